The quantitative estimate of drug-likeness (QED) is 0.482. The number of ether oxygens (including phenoxy) is 1. The topological polar surface area (TPSA) is 70.2 Å². The number of amides is 1. The number of para-hydroxylation sites is 1. The van der Waals surface area contributed by atoms with Gasteiger partial charge in [0.1, 0.15) is 5.75 Å². The van der Waals surface area contributed by atoms with Crippen molar-refractivity contribution in [1.82, 2.24) is 4.90 Å². The Kier molecular flexibility index (Phi) is 7.07. The lowest BCUT2D eigenvalue weighted by Crippen LogP contribution is -2.50. The minimum absolute atomic E-state index is 0.0945. The Labute approximate surface area is 216 Å². The summed E-state index contributed by atoms with van der Waals surface area (Å²) in [6.45, 7) is 3.00. The number of carbonyl (C=O) groups excluding carboxylic acids is 1. The lowest BCUT2D eigenvalue weighted by atomic mass is 10.0. The minimum Gasteiger partial charge on any atom is -0.484 e. The van der Waals surface area contributed by atoms with Crippen molar-refractivity contribution < 1.29 is 17.9 Å². The highest BCUT2D eigenvalue weighted by Gasteiger charge is 2.29. The lowest BCUT2D eigenvalue weighted by Gasteiger charge is -2.36. The molecule has 9 heteroatoms. The summed E-state index contributed by atoms with van der Waals surface area (Å²) in [5.41, 5.74) is 2.83. The number of benzene rings is 3. The zero-order valence-corrected chi connectivity index (χ0v) is 21.4. The molecular formula is C27H28ClN3O4S. The van der Waals surface area contributed by atoms with Gasteiger partial charge in [0.05, 0.1) is 10.6 Å². The second-order valence-corrected chi connectivity index (χ2v) is 11.2. The van der Waals surface area contributed by atoms with Gasteiger partial charge in [0.2, 0.25) is 0 Å². The molecule has 5 rings (SSSR count). The summed E-state index contributed by atoms with van der Waals surface area (Å²) in [6.07, 6.45) is 1.66. The molecule has 7 nitrogen and oxygen atoms in total. The molecule has 2 aliphatic heterocycles. The average molecular weight is 526 g/mol. The second kappa shape index (κ2) is 10.4. The van der Waals surface area contributed by atoms with Crippen LogP contribution in [0.5, 0.6) is 5.75 Å². The first-order valence-electron chi connectivity index (χ1n) is 12.0. The Bertz CT molecular complexity index is 1340. The van der Waals surface area contributed by atoms with Gasteiger partial charge in [-0.3, -0.25) is 9.10 Å². The molecule has 36 heavy (non-hydrogen) atoms. The van der Waals surface area contributed by atoms with Crippen molar-refractivity contribution in [3.05, 3.63) is 83.4 Å². The third-order valence-electron chi connectivity index (χ3n) is 6.65. The van der Waals surface area contributed by atoms with Gasteiger partial charge in [-0.15, -0.1) is 0 Å². The van der Waals surface area contributed by atoms with Crippen molar-refractivity contribution in [2.24, 2.45) is 0 Å². The largest absolute Gasteiger partial charge is 0.484 e. The Morgan fingerprint density at radius 3 is 2.39 bits per heavy atom. The van der Waals surface area contributed by atoms with Crippen molar-refractivity contribution in [3.63, 3.8) is 0 Å². The Morgan fingerprint density at radius 1 is 0.889 bits per heavy atom. The summed E-state index contributed by atoms with van der Waals surface area (Å²) in [6, 6.07) is 21.6. The maximum absolute atomic E-state index is 13.3. The molecule has 3 aromatic carbocycles. The molecule has 3 aromatic rings. The first-order chi connectivity index (χ1) is 17.4. The summed E-state index contributed by atoms with van der Waals surface area (Å²) in [4.78, 5) is 16.9. The summed E-state index contributed by atoms with van der Waals surface area (Å²) in [7, 11) is -3.68. The first kappa shape index (κ1) is 24.5. The van der Waals surface area contributed by atoms with E-state index in [0.29, 0.717) is 30.4 Å². The van der Waals surface area contributed by atoms with E-state index in [2.05, 4.69) is 4.90 Å². The summed E-state index contributed by atoms with van der Waals surface area (Å²) >= 11 is 6.09. The number of nitrogens with zero attached hydrogens (tertiary/aromatic N) is 3. The number of piperazine rings is 1. The number of carbonyl (C=O) groups is 1. The number of rotatable bonds is 6. The van der Waals surface area contributed by atoms with E-state index in [1.54, 1.807) is 17.0 Å². The van der Waals surface area contributed by atoms with Gasteiger partial charge in [-0.05, 0) is 66.9 Å². The molecule has 0 N–H and O–H groups in total. The van der Waals surface area contributed by atoms with Crippen molar-refractivity contribution in [1.29, 1.82) is 0 Å². The smallest absolute Gasteiger partial charge is 0.264 e. The van der Waals surface area contributed by atoms with Gasteiger partial charge in [0.15, 0.2) is 6.61 Å². The third kappa shape index (κ3) is 5.15. The van der Waals surface area contributed by atoms with E-state index in [4.69, 9.17) is 16.3 Å². The normalized spacial score (nSPS) is 16.0. The van der Waals surface area contributed by atoms with Gasteiger partial charge >= 0.3 is 0 Å². The number of hydrogen-bond acceptors (Lipinski definition) is 5. The number of hydrogen-bond donors (Lipinski definition) is 0. The Hall–Kier alpha value is -3.23. The molecule has 1 amide bonds. The molecule has 0 bridgehead atoms. The number of aryl methyl sites for hydroxylation is 1. The van der Waals surface area contributed by atoms with E-state index in [1.807, 2.05) is 48.5 Å². The second-order valence-electron chi connectivity index (χ2n) is 8.92. The van der Waals surface area contributed by atoms with Crippen LogP contribution in [0.2, 0.25) is 5.02 Å². The Balaban J connectivity index is 1.16. The Morgan fingerprint density at radius 2 is 1.64 bits per heavy atom. The van der Waals surface area contributed by atoms with E-state index in [9.17, 15) is 13.2 Å². The van der Waals surface area contributed by atoms with E-state index >= 15 is 0 Å². The number of sulfonamides is 1. The first-order valence-corrected chi connectivity index (χ1v) is 13.9. The zero-order valence-electron chi connectivity index (χ0n) is 19.8. The molecule has 1 fully saturated rings. The predicted molar refractivity (Wildman–Crippen MR) is 141 cm³/mol. The van der Waals surface area contributed by atoms with Crippen LogP contribution in [0.1, 0.15) is 12.0 Å². The van der Waals surface area contributed by atoms with Crippen LogP contribution in [0.15, 0.2) is 77.7 Å². The van der Waals surface area contributed by atoms with Gasteiger partial charge in [-0.1, -0.05) is 35.9 Å². The fourth-order valence-corrected chi connectivity index (χ4v) is 6.43. The van der Waals surface area contributed by atoms with Crippen molar-refractivity contribution in [3.8, 4) is 5.75 Å². The SMILES string of the molecule is O=C(COc1ccc(S(=O)(=O)N2CCCc3ccccc32)cc1)N1CCN(c2cccc(Cl)c2)CC1. The van der Waals surface area contributed by atoms with Crippen LogP contribution in [-0.4, -0.2) is 58.6 Å². The molecule has 0 atom stereocenters. The van der Waals surface area contributed by atoms with E-state index in [1.165, 1.54) is 16.4 Å². The molecule has 0 aliphatic carbocycles. The predicted octanol–water partition coefficient (Wildman–Crippen LogP) is 4.21. The highest BCUT2D eigenvalue weighted by molar-refractivity contribution is 7.92. The number of anilines is 2. The maximum Gasteiger partial charge on any atom is 0.264 e. The average Bonchev–Trinajstić information content (AvgIpc) is 2.91. The maximum atomic E-state index is 13.3. The molecule has 0 saturated carbocycles. The van der Waals surface area contributed by atoms with Gasteiger partial charge in [-0.2, -0.15) is 0 Å². The minimum atomic E-state index is -3.68. The standard InChI is InChI=1S/C27H28ClN3O4S/c28-22-7-3-8-23(19-22)29-15-17-30(18-16-29)27(32)20-35-24-10-12-25(13-11-24)36(33,34)31-14-4-6-21-5-1-2-9-26(21)31/h1-3,5,7-13,19H,4,6,14-18,20H2. The van der Waals surface area contributed by atoms with Crippen LogP contribution in [0.4, 0.5) is 11.4 Å². The van der Waals surface area contributed by atoms with Crippen LogP contribution < -0.4 is 13.9 Å². The molecule has 0 radical (unpaired) electrons. The van der Waals surface area contributed by atoms with Crippen LogP contribution >= 0.6 is 11.6 Å². The molecule has 0 aromatic heterocycles. The zero-order chi connectivity index (χ0) is 25.1. The highest BCUT2D eigenvalue weighted by Crippen LogP contribution is 2.32. The monoisotopic (exact) mass is 525 g/mol. The van der Waals surface area contributed by atoms with E-state index < -0.39 is 10.0 Å². The molecule has 1 saturated heterocycles. The van der Waals surface area contributed by atoms with Crippen LogP contribution in [0, 0.1) is 0 Å². The van der Waals surface area contributed by atoms with Crippen molar-refractivity contribution in [2.75, 3.05) is 48.5 Å². The van der Waals surface area contributed by atoms with Gasteiger partial charge in [0, 0.05) is 43.4 Å². The van der Waals surface area contributed by atoms with Crippen LogP contribution in [0.3, 0.4) is 0 Å². The van der Waals surface area contributed by atoms with Crippen molar-refractivity contribution >= 4 is 38.9 Å². The van der Waals surface area contributed by atoms with Gasteiger partial charge in [-0.25, -0.2) is 8.42 Å². The van der Waals surface area contributed by atoms with Crippen molar-refractivity contribution in [2.45, 2.75) is 17.7 Å². The molecule has 2 aliphatic rings. The fourth-order valence-electron chi connectivity index (χ4n) is 4.71. The summed E-state index contributed by atoms with van der Waals surface area (Å²) in [5.74, 6) is 0.362. The fraction of sp³-hybridized carbons (Fsp3) is 0.296. The molecule has 0 unspecified atom stereocenters. The van der Waals surface area contributed by atoms with Gasteiger partial charge < -0.3 is 14.5 Å². The molecular weight excluding hydrogens is 498 g/mol. The van der Waals surface area contributed by atoms with E-state index in [0.717, 1.165) is 42.9 Å². The highest BCUT2D eigenvalue weighted by atomic mass is 35.5. The molecule has 188 valence electrons. The van der Waals surface area contributed by atoms with E-state index in [-0.39, 0.29) is 17.4 Å². The third-order valence-corrected chi connectivity index (χ3v) is 8.71. The lowest BCUT2D eigenvalue weighted by molar-refractivity contribution is -0.133. The van der Waals surface area contributed by atoms with Crippen LogP contribution in [0.25, 0.3) is 0 Å². The molecule has 2 heterocycles. The summed E-state index contributed by atoms with van der Waals surface area (Å²) < 4.78 is 33.8. The molecule has 0 spiro atoms. The number of halogens is 1. The van der Waals surface area contributed by atoms with Crippen LogP contribution in [-0.2, 0) is 21.2 Å². The van der Waals surface area contributed by atoms with Gasteiger partial charge in [0.25, 0.3) is 15.9 Å². The summed E-state index contributed by atoms with van der Waals surface area (Å²) in [5, 5.41) is 0.693. The number of fused-ring (bicyclic) bond motifs is 1.